The van der Waals surface area contributed by atoms with Crippen molar-refractivity contribution in [2.24, 2.45) is 0 Å². The van der Waals surface area contributed by atoms with Gasteiger partial charge in [0.2, 0.25) is 0 Å². The Bertz CT molecular complexity index is 772. The second-order valence-electron chi connectivity index (χ2n) is 5.26. The third-order valence-corrected chi connectivity index (χ3v) is 3.42. The van der Waals surface area contributed by atoms with Gasteiger partial charge in [0.25, 0.3) is 5.91 Å². The molecule has 0 aliphatic rings. The highest BCUT2D eigenvalue weighted by Crippen LogP contribution is 2.38. The molecule has 7 heteroatoms. The smallest absolute Gasteiger partial charge is 0.314 e. The van der Waals surface area contributed by atoms with Gasteiger partial charge >= 0.3 is 5.69 Å². The van der Waals surface area contributed by atoms with E-state index in [0.29, 0.717) is 17.9 Å². The fraction of sp³-hybridized carbons (Fsp3) is 0.278. The van der Waals surface area contributed by atoms with Crippen molar-refractivity contribution in [1.82, 2.24) is 0 Å². The first kappa shape index (κ1) is 18.3. The summed E-state index contributed by atoms with van der Waals surface area (Å²) in [4.78, 5) is 23.1. The van der Waals surface area contributed by atoms with E-state index >= 15 is 0 Å². The zero-order chi connectivity index (χ0) is 18.4. The maximum absolute atomic E-state index is 12.4. The molecule has 132 valence electrons. The summed E-state index contributed by atoms with van der Waals surface area (Å²) in [5, 5.41) is 14.0. The third kappa shape index (κ3) is 4.47. The maximum atomic E-state index is 12.4. The SMILES string of the molecule is CCOc1cc([N+](=O)[O-])c(OCC)cc1NC(=O)c1ccc(C)cc1. The molecule has 2 aromatic rings. The molecule has 0 bridgehead atoms. The van der Waals surface area contributed by atoms with Crippen LogP contribution in [0.25, 0.3) is 0 Å². The average Bonchev–Trinajstić information content (AvgIpc) is 2.57. The van der Waals surface area contributed by atoms with Gasteiger partial charge in [-0.15, -0.1) is 0 Å². The minimum Gasteiger partial charge on any atom is -0.491 e. The number of nitro benzene ring substituents is 1. The van der Waals surface area contributed by atoms with E-state index in [2.05, 4.69) is 5.32 Å². The molecule has 1 amide bonds. The fourth-order valence-electron chi connectivity index (χ4n) is 2.24. The lowest BCUT2D eigenvalue weighted by atomic mass is 10.1. The van der Waals surface area contributed by atoms with Crippen molar-refractivity contribution in [3.63, 3.8) is 0 Å². The fourth-order valence-corrected chi connectivity index (χ4v) is 2.24. The Morgan fingerprint density at radius 3 is 2.24 bits per heavy atom. The summed E-state index contributed by atoms with van der Waals surface area (Å²) in [5.74, 6) is -0.0365. The van der Waals surface area contributed by atoms with Crippen LogP contribution in [0.1, 0.15) is 29.8 Å². The summed E-state index contributed by atoms with van der Waals surface area (Å²) >= 11 is 0. The highest BCUT2D eigenvalue weighted by Gasteiger charge is 2.21. The van der Waals surface area contributed by atoms with Gasteiger partial charge in [0, 0.05) is 11.6 Å². The van der Waals surface area contributed by atoms with Gasteiger partial charge in [0.05, 0.1) is 29.9 Å². The zero-order valence-corrected chi connectivity index (χ0v) is 14.4. The molecule has 0 fully saturated rings. The molecule has 0 aliphatic carbocycles. The lowest BCUT2D eigenvalue weighted by Gasteiger charge is -2.14. The van der Waals surface area contributed by atoms with E-state index in [1.54, 1.807) is 26.0 Å². The first-order valence-electron chi connectivity index (χ1n) is 7.92. The summed E-state index contributed by atoms with van der Waals surface area (Å²) in [5.41, 5.74) is 1.63. The topological polar surface area (TPSA) is 90.7 Å². The second-order valence-corrected chi connectivity index (χ2v) is 5.26. The van der Waals surface area contributed by atoms with Crippen molar-refractivity contribution in [1.29, 1.82) is 0 Å². The lowest BCUT2D eigenvalue weighted by molar-refractivity contribution is -0.385. The monoisotopic (exact) mass is 344 g/mol. The molecule has 0 radical (unpaired) electrons. The minimum absolute atomic E-state index is 0.0789. The summed E-state index contributed by atoms with van der Waals surface area (Å²) in [6.45, 7) is 5.98. The van der Waals surface area contributed by atoms with E-state index in [9.17, 15) is 14.9 Å². The molecule has 0 heterocycles. The number of benzene rings is 2. The summed E-state index contributed by atoms with van der Waals surface area (Å²) in [7, 11) is 0. The first-order valence-corrected chi connectivity index (χ1v) is 7.92. The summed E-state index contributed by atoms with van der Waals surface area (Å²) < 4.78 is 10.8. The van der Waals surface area contributed by atoms with Crippen LogP contribution in [0.3, 0.4) is 0 Å². The molecule has 2 aromatic carbocycles. The van der Waals surface area contributed by atoms with Crippen LogP contribution in [-0.2, 0) is 0 Å². The minimum atomic E-state index is -0.543. The predicted molar refractivity (Wildman–Crippen MR) is 94.6 cm³/mol. The van der Waals surface area contributed by atoms with E-state index < -0.39 is 4.92 Å². The van der Waals surface area contributed by atoms with Gasteiger partial charge < -0.3 is 14.8 Å². The van der Waals surface area contributed by atoms with E-state index in [1.807, 2.05) is 19.1 Å². The molecule has 1 N–H and O–H groups in total. The normalized spacial score (nSPS) is 10.2. The molecule has 0 saturated heterocycles. The van der Waals surface area contributed by atoms with Gasteiger partial charge in [-0.25, -0.2) is 0 Å². The van der Waals surface area contributed by atoms with Gasteiger partial charge in [0.1, 0.15) is 5.75 Å². The van der Waals surface area contributed by atoms with Crippen molar-refractivity contribution < 1.29 is 19.2 Å². The number of aryl methyl sites for hydroxylation is 1. The number of carbonyl (C=O) groups is 1. The van der Waals surface area contributed by atoms with Gasteiger partial charge in [-0.3, -0.25) is 14.9 Å². The van der Waals surface area contributed by atoms with Crippen LogP contribution in [0.15, 0.2) is 36.4 Å². The van der Waals surface area contributed by atoms with Gasteiger partial charge in [-0.05, 0) is 32.9 Å². The summed E-state index contributed by atoms with van der Waals surface area (Å²) in [6.07, 6.45) is 0. The van der Waals surface area contributed by atoms with E-state index in [-0.39, 0.29) is 29.7 Å². The number of nitrogens with one attached hydrogen (secondary N) is 1. The van der Waals surface area contributed by atoms with Gasteiger partial charge in [-0.2, -0.15) is 0 Å². The molecule has 0 atom stereocenters. The van der Waals surface area contributed by atoms with Crippen LogP contribution in [0, 0.1) is 17.0 Å². The molecular formula is C18H20N2O5. The number of nitro groups is 1. The Morgan fingerprint density at radius 2 is 1.68 bits per heavy atom. The van der Waals surface area contributed by atoms with Crippen LogP contribution in [0.4, 0.5) is 11.4 Å². The van der Waals surface area contributed by atoms with E-state index in [1.165, 1.54) is 12.1 Å². The molecule has 7 nitrogen and oxygen atoms in total. The zero-order valence-electron chi connectivity index (χ0n) is 14.4. The predicted octanol–water partition coefficient (Wildman–Crippen LogP) is 3.95. The Balaban J connectivity index is 2.40. The first-order chi connectivity index (χ1) is 12.0. The van der Waals surface area contributed by atoms with Crippen LogP contribution in [-0.4, -0.2) is 24.0 Å². The molecule has 0 aliphatic heterocycles. The van der Waals surface area contributed by atoms with E-state index in [0.717, 1.165) is 5.56 Å². The van der Waals surface area contributed by atoms with Gasteiger partial charge in [0.15, 0.2) is 5.75 Å². The largest absolute Gasteiger partial charge is 0.491 e. The van der Waals surface area contributed by atoms with E-state index in [4.69, 9.17) is 9.47 Å². The molecule has 0 aromatic heterocycles. The number of nitrogens with zero attached hydrogens (tertiary/aromatic N) is 1. The molecule has 0 spiro atoms. The quantitative estimate of drug-likeness (QED) is 0.606. The third-order valence-electron chi connectivity index (χ3n) is 3.42. The van der Waals surface area contributed by atoms with Crippen molar-refractivity contribution in [2.45, 2.75) is 20.8 Å². The van der Waals surface area contributed by atoms with Crippen molar-refractivity contribution in [3.8, 4) is 11.5 Å². The number of amides is 1. The molecule has 0 saturated carbocycles. The van der Waals surface area contributed by atoms with Crippen molar-refractivity contribution >= 4 is 17.3 Å². The Morgan fingerprint density at radius 1 is 1.08 bits per heavy atom. The van der Waals surface area contributed by atoms with Crippen LogP contribution < -0.4 is 14.8 Å². The summed E-state index contributed by atoms with van der Waals surface area (Å²) in [6, 6.07) is 9.76. The number of anilines is 1. The number of carbonyl (C=O) groups excluding carboxylic acids is 1. The highest BCUT2D eigenvalue weighted by atomic mass is 16.6. The number of hydrogen-bond acceptors (Lipinski definition) is 5. The van der Waals surface area contributed by atoms with Crippen molar-refractivity contribution in [3.05, 3.63) is 57.6 Å². The average molecular weight is 344 g/mol. The second kappa shape index (κ2) is 8.14. The molecule has 2 rings (SSSR count). The van der Waals surface area contributed by atoms with Crippen LogP contribution >= 0.6 is 0 Å². The standard InChI is InChI=1S/C18H20N2O5/c1-4-24-16-11-15(20(22)23)17(25-5-2)10-14(16)19-18(21)13-8-6-12(3)7-9-13/h6-11H,4-5H2,1-3H3,(H,19,21). The lowest BCUT2D eigenvalue weighted by Crippen LogP contribution is -2.13. The molecular weight excluding hydrogens is 324 g/mol. The number of rotatable bonds is 7. The Kier molecular flexibility index (Phi) is 5.94. The highest BCUT2D eigenvalue weighted by molar-refractivity contribution is 6.05. The van der Waals surface area contributed by atoms with Gasteiger partial charge in [-0.1, -0.05) is 17.7 Å². The molecule has 0 unspecified atom stereocenters. The Hall–Kier alpha value is -3.09. The van der Waals surface area contributed by atoms with Crippen LogP contribution in [0.2, 0.25) is 0 Å². The number of hydrogen-bond donors (Lipinski definition) is 1. The van der Waals surface area contributed by atoms with Crippen LogP contribution in [0.5, 0.6) is 11.5 Å². The Labute approximate surface area is 145 Å². The number of ether oxygens (including phenoxy) is 2. The molecule has 25 heavy (non-hydrogen) atoms. The maximum Gasteiger partial charge on any atom is 0.314 e. The van der Waals surface area contributed by atoms with Crippen molar-refractivity contribution in [2.75, 3.05) is 18.5 Å².